The monoisotopic (exact) mass is 462 g/mol. The van der Waals surface area contributed by atoms with E-state index >= 15 is 0 Å². The van der Waals surface area contributed by atoms with E-state index in [1.165, 1.54) is 0 Å². The van der Waals surface area contributed by atoms with Crippen LogP contribution in [0.3, 0.4) is 0 Å². The lowest BCUT2D eigenvalue weighted by Gasteiger charge is -2.16. The number of ketones is 1. The molecular weight excluding hydrogens is 443 g/mol. The number of nitrogens with one attached hydrogen (secondary N) is 1. The molecule has 26 heavy (non-hydrogen) atoms. The summed E-state index contributed by atoms with van der Waals surface area (Å²) in [4.78, 5) is 54.5. The van der Waals surface area contributed by atoms with Gasteiger partial charge in [0.2, 0.25) is 0 Å². The summed E-state index contributed by atoms with van der Waals surface area (Å²) in [7, 11) is -4.73. The van der Waals surface area contributed by atoms with Crippen molar-refractivity contribution in [2.45, 2.75) is 24.9 Å². The third-order valence-corrected chi connectivity index (χ3v) is 4.31. The molecule has 1 aromatic heterocycles. The fourth-order valence-corrected chi connectivity index (χ4v) is 2.82. The summed E-state index contributed by atoms with van der Waals surface area (Å²) in [5.41, 5.74) is -1.96. The fourth-order valence-electron chi connectivity index (χ4n) is 2.18. The number of nitrogens with zero attached hydrogens (tertiary/aromatic N) is 1. The molecule has 2 rings (SSSR count). The number of halogens is 1. The van der Waals surface area contributed by atoms with Gasteiger partial charge in [-0.2, -0.15) is 0 Å². The van der Waals surface area contributed by atoms with Gasteiger partial charge in [0, 0.05) is 12.6 Å². The Bertz CT molecular complexity index is 791. The van der Waals surface area contributed by atoms with E-state index in [9.17, 15) is 24.1 Å². The van der Waals surface area contributed by atoms with Gasteiger partial charge in [0.15, 0.2) is 5.78 Å². The molecule has 0 saturated carbocycles. The number of aliphatic hydroxyl groups excluding tert-OH is 1. The van der Waals surface area contributed by atoms with Gasteiger partial charge < -0.3 is 31.9 Å². The average Bonchev–Trinajstić information content (AvgIpc) is 2.84. The number of hydrogen-bond acceptors (Lipinski definition) is 9. The van der Waals surface area contributed by atoms with E-state index in [0.717, 1.165) is 10.8 Å². The van der Waals surface area contributed by atoms with Crippen molar-refractivity contribution in [3.63, 3.8) is 0 Å². The molecule has 1 fully saturated rings. The van der Waals surface area contributed by atoms with Gasteiger partial charge >= 0.3 is 13.5 Å². The number of Topliss-reactive ketones (excluding diaryl/α,β-unsaturated/α-hetero) is 1. The summed E-state index contributed by atoms with van der Waals surface area (Å²) in [5.74, 6) is -0.551. The van der Waals surface area contributed by atoms with E-state index in [2.05, 4.69) is 20.5 Å². The maximum atomic E-state index is 11.9. The highest BCUT2D eigenvalue weighted by molar-refractivity contribution is 9.09. The second kappa shape index (κ2) is 9.64. The molecule has 15 heteroatoms. The predicted octanol–water partition coefficient (Wildman–Crippen LogP) is -0.804. The number of hydrogen-bond donors (Lipinski definition) is 6. The lowest BCUT2D eigenvalue weighted by molar-refractivity contribution is -0.0451. The van der Waals surface area contributed by atoms with Crippen LogP contribution in [0.4, 0.5) is 0 Å². The molecule has 1 aromatic rings. The Balaban J connectivity index is 0.00000312. The molecule has 1 aliphatic heterocycles. The highest BCUT2D eigenvalue weighted by Gasteiger charge is 2.37. The van der Waals surface area contributed by atoms with E-state index in [1.54, 1.807) is 0 Å². The minimum Gasteiger partial charge on any atom is -0.390 e. The molecule has 10 N–H and O–H groups in total. The maximum absolute atomic E-state index is 11.9. The van der Waals surface area contributed by atoms with Gasteiger partial charge in [-0.3, -0.25) is 23.7 Å². The molecular formula is C11H20BrN4O9P. The van der Waals surface area contributed by atoms with Gasteiger partial charge in [-0.25, -0.2) is 9.36 Å². The van der Waals surface area contributed by atoms with Crippen molar-refractivity contribution in [1.29, 1.82) is 0 Å². The van der Waals surface area contributed by atoms with Crippen molar-refractivity contribution in [3.8, 4) is 0 Å². The highest BCUT2D eigenvalue weighted by atomic mass is 79.9. The third-order valence-electron chi connectivity index (χ3n) is 3.31. The van der Waals surface area contributed by atoms with Gasteiger partial charge in [-0.15, -0.1) is 0 Å². The maximum Gasteiger partial charge on any atom is 0.469 e. The Labute approximate surface area is 154 Å². The van der Waals surface area contributed by atoms with Gasteiger partial charge in [0.1, 0.15) is 17.9 Å². The molecule has 1 saturated heterocycles. The van der Waals surface area contributed by atoms with Crippen LogP contribution < -0.4 is 23.6 Å². The van der Waals surface area contributed by atoms with Crippen LogP contribution >= 0.6 is 23.8 Å². The molecule has 0 bridgehead atoms. The number of phosphoric ester groups is 1. The minimum atomic E-state index is -4.73. The van der Waals surface area contributed by atoms with Crippen LogP contribution in [0, 0.1) is 0 Å². The van der Waals surface area contributed by atoms with Crippen molar-refractivity contribution >= 4 is 29.5 Å². The minimum absolute atomic E-state index is 0. The number of aromatic amines is 1. The van der Waals surface area contributed by atoms with Crippen LogP contribution in [0.5, 0.6) is 0 Å². The number of H-pyrrole nitrogens is 1. The molecule has 0 radical (unpaired) electrons. The van der Waals surface area contributed by atoms with Crippen molar-refractivity contribution in [2.24, 2.45) is 0 Å². The quantitative estimate of drug-likeness (QED) is 0.173. The van der Waals surface area contributed by atoms with Crippen molar-refractivity contribution in [1.82, 2.24) is 21.9 Å². The normalized spacial score (nSPS) is 22.4. The van der Waals surface area contributed by atoms with Crippen LogP contribution in [-0.2, 0) is 13.8 Å². The summed E-state index contributed by atoms with van der Waals surface area (Å²) in [5, 5.41) is 9.74. The van der Waals surface area contributed by atoms with E-state index in [1.807, 2.05) is 4.98 Å². The summed E-state index contributed by atoms with van der Waals surface area (Å²) in [6, 6.07) is 0. The third kappa shape index (κ3) is 5.90. The van der Waals surface area contributed by atoms with Crippen LogP contribution in [0.2, 0.25) is 0 Å². The zero-order valence-electron chi connectivity index (χ0n) is 13.4. The first kappa shape index (κ1) is 24.8. The lowest BCUT2D eigenvalue weighted by atomic mass is 10.2. The zero-order valence-corrected chi connectivity index (χ0v) is 15.9. The molecule has 0 amide bonds. The standard InChI is InChI=1S/C11H14BrN2O9P.2H3N/c12-2-7(16)5-3-14(11(18)13-10(5)17)9-1-6(15)8(23-9)4-22-24(19,20)21;;/h3,6,8-9,15H,1-2,4H2,(H,13,17,18)(H2,19,20,21);2*1H3/t6-,8+,9+;;/m0../s1. The van der Waals surface area contributed by atoms with Crippen LogP contribution in [0.15, 0.2) is 15.8 Å². The first-order chi connectivity index (χ1) is 11.1. The molecule has 0 spiro atoms. The summed E-state index contributed by atoms with van der Waals surface area (Å²) in [6.07, 6.45) is -2.35. The number of phosphoric acid groups is 1. The molecule has 0 aliphatic carbocycles. The number of aliphatic hydroxyl groups is 1. The molecule has 0 unspecified atom stereocenters. The SMILES string of the molecule is N.N.O=C(CBr)c1cn([C@H]2C[C@H](O)[C@@H](COP(=O)(O)O)O2)c(=O)[nH]c1=O. The van der Waals surface area contributed by atoms with Gasteiger partial charge in [-0.1, -0.05) is 15.9 Å². The zero-order chi connectivity index (χ0) is 18.1. The molecule has 1 aliphatic rings. The van der Waals surface area contributed by atoms with E-state index < -0.39 is 49.9 Å². The second-order valence-corrected chi connectivity index (χ2v) is 6.78. The Hall–Kier alpha value is -1.22. The smallest absolute Gasteiger partial charge is 0.390 e. The number of rotatable bonds is 6. The van der Waals surface area contributed by atoms with E-state index in [0.29, 0.717) is 0 Å². The molecule has 0 aromatic carbocycles. The lowest BCUT2D eigenvalue weighted by Crippen LogP contribution is -2.35. The number of aromatic nitrogens is 2. The predicted molar refractivity (Wildman–Crippen MR) is 92.0 cm³/mol. The van der Waals surface area contributed by atoms with E-state index in [-0.39, 0.29) is 29.6 Å². The first-order valence-electron chi connectivity index (χ1n) is 6.60. The Morgan fingerprint density at radius 3 is 2.58 bits per heavy atom. The number of carbonyl (C=O) groups is 1. The van der Waals surface area contributed by atoms with Crippen LogP contribution in [0.25, 0.3) is 0 Å². The Morgan fingerprint density at radius 1 is 1.42 bits per heavy atom. The van der Waals surface area contributed by atoms with E-state index in [4.69, 9.17) is 14.5 Å². The second-order valence-electron chi connectivity index (χ2n) is 4.98. The Morgan fingerprint density at radius 2 is 2.04 bits per heavy atom. The number of carbonyl (C=O) groups excluding carboxylic acids is 1. The van der Waals surface area contributed by atoms with Crippen LogP contribution in [-0.4, -0.2) is 54.4 Å². The number of ether oxygens (including phenoxy) is 1. The topological polar surface area (TPSA) is 238 Å². The number of alkyl halides is 1. The highest BCUT2D eigenvalue weighted by Crippen LogP contribution is 2.38. The summed E-state index contributed by atoms with van der Waals surface area (Å²) in [6.45, 7) is -0.590. The first-order valence-corrected chi connectivity index (χ1v) is 9.26. The molecule has 150 valence electrons. The Kier molecular flexibility index (Phi) is 9.19. The summed E-state index contributed by atoms with van der Waals surface area (Å²) < 4.78 is 21.2. The van der Waals surface area contributed by atoms with Crippen molar-refractivity contribution in [2.75, 3.05) is 11.9 Å². The fraction of sp³-hybridized carbons (Fsp3) is 0.545. The van der Waals surface area contributed by atoms with Crippen molar-refractivity contribution < 1.29 is 33.5 Å². The van der Waals surface area contributed by atoms with Gasteiger partial charge in [-0.05, 0) is 0 Å². The summed E-state index contributed by atoms with van der Waals surface area (Å²) >= 11 is 2.92. The van der Waals surface area contributed by atoms with Crippen LogP contribution in [0.1, 0.15) is 23.0 Å². The molecule has 2 heterocycles. The average molecular weight is 463 g/mol. The molecule has 3 atom stereocenters. The largest absolute Gasteiger partial charge is 0.469 e. The van der Waals surface area contributed by atoms with Crippen molar-refractivity contribution in [3.05, 3.63) is 32.6 Å². The van der Waals surface area contributed by atoms with Gasteiger partial charge in [0.05, 0.1) is 18.0 Å². The molecule has 13 nitrogen and oxygen atoms in total. The van der Waals surface area contributed by atoms with Gasteiger partial charge in [0.25, 0.3) is 5.56 Å².